The molecule has 2 saturated carbocycles. The first-order chi connectivity index (χ1) is 15.1. The first kappa shape index (κ1) is 36.6. The number of allylic oxidation sites excluding steroid dienone is 8. The average Bonchev–Trinajstić information content (AvgIpc) is 3.49. The minimum absolute atomic E-state index is 0. The van der Waals surface area contributed by atoms with Gasteiger partial charge in [-0.2, -0.15) is 25.7 Å². The Labute approximate surface area is 244 Å². The van der Waals surface area contributed by atoms with Crippen LogP contribution < -0.4 is 24.8 Å². The summed E-state index contributed by atoms with van der Waals surface area (Å²) in [5.41, 5.74) is 6.66. The minimum Gasteiger partial charge on any atom is -1.00 e. The maximum atomic E-state index is 3.64. The SMILES string of the molecule is CCC1=CC=C(CC)C2CC[CH-]C12.CCC1=CC=C(CC)C2CC[CH-]C12.[CH2-]CCC[CH2-].[Cl-].[Cl-].[Zr+2]. The summed E-state index contributed by atoms with van der Waals surface area (Å²) in [6.07, 6.45) is 28.1. The number of rotatable bonds is 6. The van der Waals surface area contributed by atoms with Gasteiger partial charge in [0.25, 0.3) is 0 Å². The molecule has 0 saturated heterocycles. The van der Waals surface area contributed by atoms with Crippen LogP contribution in [0.1, 0.15) is 98.3 Å². The molecular weight excluding hydrogens is 534 g/mol. The molecule has 0 bridgehead atoms. The molecule has 0 aliphatic heterocycles. The van der Waals surface area contributed by atoms with Crippen LogP contribution in [-0.2, 0) is 26.2 Å². The van der Waals surface area contributed by atoms with Crippen LogP contribution in [0, 0.1) is 50.4 Å². The number of halogens is 2. The van der Waals surface area contributed by atoms with Crippen LogP contribution in [0.3, 0.4) is 0 Å². The summed E-state index contributed by atoms with van der Waals surface area (Å²) in [6, 6.07) is 0. The maximum Gasteiger partial charge on any atom is 2.00 e. The molecule has 0 aromatic carbocycles. The zero-order chi connectivity index (χ0) is 22.6. The second kappa shape index (κ2) is 20.5. The molecule has 2 fully saturated rings. The Morgan fingerprint density at radius 2 is 0.971 bits per heavy atom. The predicted molar refractivity (Wildman–Crippen MR) is 139 cm³/mol. The van der Waals surface area contributed by atoms with Crippen LogP contribution in [0.4, 0.5) is 0 Å². The van der Waals surface area contributed by atoms with Crippen LogP contribution >= 0.6 is 0 Å². The van der Waals surface area contributed by atoms with Crippen LogP contribution in [0.25, 0.3) is 0 Å². The van der Waals surface area contributed by atoms with Gasteiger partial charge in [-0.3, -0.25) is 0 Å². The van der Waals surface area contributed by atoms with Gasteiger partial charge in [0, 0.05) is 0 Å². The molecule has 4 aliphatic rings. The van der Waals surface area contributed by atoms with Crippen molar-refractivity contribution in [1.29, 1.82) is 0 Å². The third-order valence-electron chi connectivity index (χ3n) is 7.63. The Balaban J connectivity index is 0. The van der Waals surface area contributed by atoms with Crippen molar-refractivity contribution in [3.8, 4) is 0 Å². The summed E-state index contributed by atoms with van der Waals surface area (Å²) in [4.78, 5) is 0. The quantitative estimate of drug-likeness (QED) is 0.420. The normalized spacial score (nSPS) is 26.1. The van der Waals surface area contributed by atoms with Crippen LogP contribution in [0.2, 0.25) is 0 Å². The van der Waals surface area contributed by atoms with Gasteiger partial charge >= 0.3 is 26.2 Å². The van der Waals surface area contributed by atoms with Gasteiger partial charge in [0.1, 0.15) is 0 Å². The summed E-state index contributed by atoms with van der Waals surface area (Å²) in [6.45, 7) is 16.4. The Hall–Kier alpha value is 0.423. The molecule has 4 aliphatic carbocycles. The van der Waals surface area contributed by atoms with E-state index in [0.717, 1.165) is 36.5 Å². The summed E-state index contributed by atoms with van der Waals surface area (Å²) < 4.78 is 0. The first-order valence-electron chi connectivity index (χ1n) is 13.2. The number of fused-ring (bicyclic) bond motifs is 2. The van der Waals surface area contributed by atoms with E-state index in [4.69, 9.17) is 0 Å². The molecular formula is C31H48Cl2Zr-4. The molecule has 0 aromatic rings. The fourth-order valence-electron chi connectivity index (χ4n) is 5.79. The molecule has 0 nitrogen and oxygen atoms in total. The van der Waals surface area contributed by atoms with E-state index in [1.54, 1.807) is 22.3 Å². The maximum absolute atomic E-state index is 3.64. The molecule has 0 radical (unpaired) electrons. The van der Waals surface area contributed by atoms with E-state index in [1.807, 2.05) is 0 Å². The number of unbranched alkanes of at least 4 members (excludes halogenated alkanes) is 2. The summed E-state index contributed by atoms with van der Waals surface area (Å²) in [5.74, 6) is 3.32. The molecule has 0 N–H and O–H groups in total. The fourth-order valence-corrected chi connectivity index (χ4v) is 5.79. The monoisotopic (exact) mass is 580 g/mol. The molecule has 0 aromatic heterocycles. The smallest absolute Gasteiger partial charge is 1.00 e. The van der Waals surface area contributed by atoms with E-state index in [9.17, 15) is 0 Å². The van der Waals surface area contributed by atoms with Gasteiger partial charge in [-0.25, -0.2) is 0 Å². The standard InChI is InChI=1S/2C13H19.C5H10.2ClH.Zr/c2*1-3-10-8-9-11(4-2)13-7-5-6-12(10)13;1-3-5-4-2;;;/h2*6,8-9,12-13H,3-5,7H2,1-2H3;1-5H2;2*1H;/q2*-1;-2;;;+2/p-2. The molecule has 34 heavy (non-hydrogen) atoms. The number of hydrogen-bond acceptors (Lipinski definition) is 0. The van der Waals surface area contributed by atoms with E-state index in [0.29, 0.717) is 0 Å². The average molecular weight is 583 g/mol. The molecule has 0 spiro atoms. The van der Waals surface area contributed by atoms with E-state index >= 15 is 0 Å². The third kappa shape index (κ3) is 10.1. The van der Waals surface area contributed by atoms with E-state index in [2.05, 4.69) is 78.7 Å². The van der Waals surface area contributed by atoms with Crippen LogP contribution in [-0.4, -0.2) is 0 Å². The number of hydrogen-bond donors (Lipinski definition) is 0. The zero-order valence-electron chi connectivity index (χ0n) is 22.2. The van der Waals surface area contributed by atoms with Gasteiger partial charge < -0.3 is 51.5 Å². The molecule has 4 rings (SSSR count). The van der Waals surface area contributed by atoms with Crippen molar-refractivity contribution in [3.05, 3.63) is 73.3 Å². The van der Waals surface area contributed by atoms with Gasteiger partial charge in [-0.05, 0) is 37.5 Å². The van der Waals surface area contributed by atoms with Gasteiger partial charge in [-0.1, -0.05) is 87.1 Å². The van der Waals surface area contributed by atoms with Crippen molar-refractivity contribution in [2.75, 3.05) is 0 Å². The fraction of sp³-hybridized carbons (Fsp3) is 0.613. The minimum atomic E-state index is 0. The largest absolute Gasteiger partial charge is 2.00 e. The van der Waals surface area contributed by atoms with E-state index in [1.165, 1.54) is 57.8 Å². The second-order valence-corrected chi connectivity index (χ2v) is 9.33. The summed E-state index contributed by atoms with van der Waals surface area (Å²) in [7, 11) is 0. The second-order valence-electron chi connectivity index (χ2n) is 9.33. The van der Waals surface area contributed by atoms with Crippen molar-refractivity contribution in [1.82, 2.24) is 0 Å². The molecule has 0 heterocycles. The molecule has 0 amide bonds. The predicted octanol–water partition coefficient (Wildman–Crippen LogP) is 3.64. The topological polar surface area (TPSA) is 0 Å². The van der Waals surface area contributed by atoms with Crippen LogP contribution in [0.5, 0.6) is 0 Å². The summed E-state index contributed by atoms with van der Waals surface area (Å²) >= 11 is 0. The first-order valence-corrected chi connectivity index (χ1v) is 13.2. The van der Waals surface area contributed by atoms with Crippen molar-refractivity contribution < 1.29 is 51.0 Å². The van der Waals surface area contributed by atoms with Crippen molar-refractivity contribution >= 4 is 0 Å². The van der Waals surface area contributed by atoms with Crippen molar-refractivity contribution in [2.24, 2.45) is 23.7 Å². The van der Waals surface area contributed by atoms with Gasteiger partial charge in [0.05, 0.1) is 0 Å². The van der Waals surface area contributed by atoms with E-state index < -0.39 is 0 Å². The van der Waals surface area contributed by atoms with E-state index in [-0.39, 0.29) is 51.0 Å². The Morgan fingerprint density at radius 1 is 0.647 bits per heavy atom. The Kier molecular flexibility index (Phi) is 22.0. The Bertz CT molecular complexity index is 550. The van der Waals surface area contributed by atoms with Crippen molar-refractivity contribution in [3.63, 3.8) is 0 Å². The Morgan fingerprint density at radius 3 is 1.24 bits per heavy atom. The summed E-state index contributed by atoms with van der Waals surface area (Å²) in [5, 5.41) is 0. The van der Waals surface area contributed by atoms with Crippen molar-refractivity contribution in [2.45, 2.75) is 98.3 Å². The van der Waals surface area contributed by atoms with Crippen LogP contribution in [0.15, 0.2) is 46.6 Å². The molecule has 194 valence electrons. The third-order valence-corrected chi connectivity index (χ3v) is 7.63. The zero-order valence-corrected chi connectivity index (χ0v) is 26.2. The molecule has 4 atom stereocenters. The van der Waals surface area contributed by atoms with Gasteiger partial charge in [0.2, 0.25) is 0 Å². The van der Waals surface area contributed by atoms with Gasteiger partial charge in [0.15, 0.2) is 0 Å². The van der Waals surface area contributed by atoms with Gasteiger partial charge in [-0.15, -0.1) is 18.3 Å². The molecule has 4 unspecified atom stereocenters. The molecule has 3 heteroatoms.